The average Bonchev–Trinajstić information content (AvgIpc) is 2.59. The molecule has 1 fully saturated rings. The highest BCUT2D eigenvalue weighted by atomic mass is 16.5. The van der Waals surface area contributed by atoms with Crippen LogP contribution in [0.25, 0.3) is 0 Å². The van der Waals surface area contributed by atoms with E-state index in [1.165, 1.54) is 18.9 Å². The van der Waals surface area contributed by atoms with Gasteiger partial charge < -0.3 is 9.47 Å². The molecule has 2 atom stereocenters. The van der Waals surface area contributed by atoms with Crippen LogP contribution >= 0.6 is 0 Å². The second-order valence-electron chi connectivity index (χ2n) is 3.88. The van der Waals surface area contributed by atoms with E-state index >= 15 is 0 Å². The minimum atomic E-state index is -0.465. The van der Waals surface area contributed by atoms with Crippen molar-refractivity contribution in [1.82, 2.24) is 4.90 Å². The zero-order chi connectivity index (χ0) is 11.4. The molecule has 1 heterocycles. The fourth-order valence-electron chi connectivity index (χ4n) is 1.72. The van der Waals surface area contributed by atoms with Crippen LogP contribution in [0.2, 0.25) is 0 Å². The van der Waals surface area contributed by atoms with Crippen LogP contribution in [-0.4, -0.2) is 49.7 Å². The number of ether oxygens (including phenoxy) is 2. The summed E-state index contributed by atoms with van der Waals surface area (Å²) in [6, 6.07) is -0.0543. The van der Waals surface area contributed by atoms with Gasteiger partial charge in [-0.3, -0.25) is 9.69 Å². The number of hydrogen-bond acceptors (Lipinski definition) is 4. The second-order valence-corrected chi connectivity index (χ2v) is 3.88. The SMILES string of the molecule is COC(=O)N(CC(C)=O)[C@@H]1COC[C@@H]1C. The molecule has 1 amide bonds. The van der Waals surface area contributed by atoms with Crippen molar-refractivity contribution in [2.24, 2.45) is 5.92 Å². The van der Waals surface area contributed by atoms with Crippen molar-refractivity contribution >= 4 is 11.9 Å². The van der Waals surface area contributed by atoms with Gasteiger partial charge in [0.15, 0.2) is 0 Å². The maximum Gasteiger partial charge on any atom is 0.410 e. The van der Waals surface area contributed by atoms with Gasteiger partial charge in [0, 0.05) is 5.92 Å². The predicted molar refractivity (Wildman–Crippen MR) is 53.6 cm³/mol. The Bertz CT molecular complexity index is 254. The van der Waals surface area contributed by atoms with Gasteiger partial charge in [-0.05, 0) is 6.92 Å². The fraction of sp³-hybridized carbons (Fsp3) is 0.800. The third-order valence-electron chi connectivity index (χ3n) is 2.53. The average molecular weight is 215 g/mol. The zero-order valence-corrected chi connectivity index (χ0v) is 9.36. The van der Waals surface area contributed by atoms with E-state index in [0.29, 0.717) is 13.2 Å². The number of methoxy groups -OCH3 is 1. The smallest absolute Gasteiger partial charge is 0.410 e. The number of amides is 1. The summed E-state index contributed by atoms with van der Waals surface area (Å²) in [6.45, 7) is 4.63. The fourth-order valence-corrected chi connectivity index (χ4v) is 1.72. The quantitative estimate of drug-likeness (QED) is 0.694. The van der Waals surface area contributed by atoms with Crippen molar-refractivity contribution in [1.29, 1.82) is 0 Å². The molecule has 1 aliphatic rings. The van der Waals surface area contributed by atoms with Crippen LogP contribution < -0.4 is 0 Å². The molecule has 1 rings (SSSR count). The summed E-state index contributed by atoms with van der Waals surface area (Å²) in [5.74, 6) is 0.183. The van der Waals surface area contributed by atoms with E-state index in [1.54, 1.807) is 0 Å². The Balaban J connectivity index is 2.70. The molecule has 5 heteroatoms. The molecule has 0 aromatic rings. The molecule has 0 spiro atoms. The molecule has 0 bridgehead atoms. The summed E-state index contributed by atoms with van der Waals surface area (Å²) < 4.78 is 9.92. The lowest BCUT2D eigenvalue weighted by molar-refractivity contribution is -0.118. The number of carbonyl (C=O) groups is 2. The Morgan fingerprint density at radius 1 is 1.47 bits per heavy atom. The van der Waals surface area contributed by atoms with E-state index in [2.05, 4.69) is 4.74 Å². The number of rotatable bonds is 3. The molecular weight excluding hydrogens is 198 g/mol. The van der Waals surface area contributed by atoms with Crippen LogP contribution in [0.3, 0.4) is 0 Å². The third kappa shape index (κ3) is 2.92. The minimum Gasteiger partial charge on any atom is -0.453 e. The maximum absolute atomic E-state index is 11.5. The molecular formula is C10H17NO4. The highest BCUT2D eigenvalue weighted by Crippen LogP contribution is 2.19. The Hall–Kier alpha value is -1.10. The van der Waals surface area contributed by atoms with Gasteiger partial charge in [0.05, 0.1) is 32.9 Å². The lowest BCUT2D eigenvalue weighted by Crippen LogP contribution is -2.46. The van der Waals surface area contributed by atoms with Gasteiger partial charge in [-0.25, -0.2) is 4.79 Å². The number of Topliss-reactive ketones (excluding diaryl/α,β-unsaturated/α-hetero) is 1. The summed E-state index contributed by atoms with van der Waals surface area (Å²) in [6.07, 6.45) is -0.465. The van der Waals surface area contributed by atoms with Crippen LogP contribution in [0.1, 0.15) is 13.8 Å². The normalized spacial score (nSPS) is 25.0. The highest BCUT2D eigenvalue weighted by molar-refractivity contribution is 5.82. The van der Waals surface area contributed by atoms with Crippen LogP contribution in [0.4, 0.5) is 4.79 Å². The van der Waals surface area contributed by atoms with E-state index in [0.717, 1.165) is 0 Å². The lowest BCUT2D eigenvalue weighted by Gasteiger charge is -2.28. The Labute approximate surface area is 89.3 Å². The number of nitrogens with zero attached hydrogens (tertiary/aromatic N) is 1. The van der Waals surface area contributed by atoms with Gasteiger partial charge in [-0.2, -0.15) is 0 Å². The zero-order valence-electron chi connectivity index (χ0n) is 9.36. The molecule has 5 nitrogen and oxygen atoms in total. The topological polar surface area (TPSA) is 55.8 Å². The molecule has 15 heavy (non-hydrogen) atoms. The standard InChI is InChI=1S/C10H17NO4/c1-7-5-15-6-9(7)11(4-8(2)12)10(13)14-3/h7,9H,4-6H2,1-3H3/t7-,9+/m0/s1. The van der Waals surface area contributed by atoms with Crippen molar-refractivity contribution < 1.29 is 19.1 Å². The first-order chi connectivity index (χ1) is 7.06. The van der Waals surface area contributed by atoms with Crippen molar-refractivity contribution in [3.8, 4) is 0 Å². The molecule has 0 saturated carbocycles. The molecule has 1 saturated heterocycles. The van der Waals surface area contributed by atoms with Crippen LogP contribution in [0.5, 0.6) is 0 Å². The number of hydrogen-bond donors (Lipinski definition) is 0. The van der Waals surface area contributed by atoms with Gasteiger partial charge in [0.25, 0.3) is 0 Å². The monoisotopic (exact) mass is 215 g/mol. The van der Waals surface area contributed by atoms with Crippen LogP contribution in [0, 0.1) is 5.92 Å². The van der Waals surface area contributed by atoms with E-state index in [1.807, 2.05) is 6.92 Å². The molecule has 0 aromatic carbocycles. The molecule has 0 aliphatic carbocycles. The Morgan fingerprint density at radius 3 is 2.53 bits per heavy atom. The van der Waals surface area contributed by atoms with Crippen molar-refractivity contribution in [3.63, 3.8) is 0 Å². The maximum atomic E-state index is 11.5. The molecule has 0 unspecified atom stereocenters. The molecule has 1 aliphatic heterocycles. The first-order valence-electron chi connectivity index (χ1n) is 4.98. The van der Waals surface area contributed by atoms with E-state index < -0.39 is 6.09 Å². The first kappa shape index (κ1) is 12.0. The Morgan fingerprint density at radius 2 is 2.13 bits per heavy atom. The summed E-state index contributed by atoms with van der Waals surface area (Å²) in [5, 5.41) is 0. The predicted octanol–water partition coefficient (Wildman–Crippen LogP) is 0.679. The van der Waals surface area contributed by atoms with Gasteiger partial charge in [0.1, 0.15) is 5.78 Å². The highest BCUT2D eigenvalue weighted by Gasteiger charge is 2.34. The molecule has 86 valence electrons. The van der Waals surface area contributed by atoms with E-state index in [-0.39, 0.29) is 24.3 Å². The first-order valence-corrected chi connectivity index (χ1v) is 4.98. The third-order valence-corrected chi connectivity index (χ3v) is 2.53. The minimum absolute atomic E-state index is 0.0543. The van der Waals surface area contributed by atoms with Gasteiger partial charge in [-0.15, -0.1) is 0 Å². The van der Waals surface area contributed by atoms with Crippen LogP contribution in [0.15, 0.2) is 0 Å². The van der Waals surface area contributed by atoms with Gasteiger partial charge in [-0.1, -0.05) is 6.92 Å². The number of carbonyl (C=O) groups excluding carboxylic acids is 2. The summed E-state index contributed by atoms with van der Waals surface area (Å²) in [5.41, 5.74) is 0. The summed E-state index contributed by atoms with van der Waals surface area (Å²) in [7, 11) is 1.32. The van der Waals surface area contributed by atoms with Crippen molar-refractivity contribution in [2.75, 3.05) is 26.9 Å². The Kier molecular flexibility index (Phi) is 4.08. The van der Waals surface area contributed by atoms with Gasteiger partial charge in [0.2, 0.25) is 0 Å². The largest absolute Gasteiger partial charge is 0.453 e. The van der Waals surface area contributed by atoms with E-state index in [4.69, 9.17) is 4.74 Å². The summed E-state index contributed by atoms with van der Waals surface area (Å²) in [4.78, 5) is 24.0. The van der Waals surface area contributed by atoms with Crippen molar-refractivity contribution in [3.05, 3.63) is 0 Å². The summed E-state index contributed by atoms with van der Waals surface area (Å²) >= 11 is 0. The number of ketones is 1. The lowest BCUT2D eigenvalue weighted by atomic mass is 10.1. The molecule has 0 radical (unpaired) electrons. The van der Waals surface area contributed by atoms with Crippen molar-refractivity contribution in [2.45, 2.75) is 19.9 Å². The van der Waals surface area contributed by atoms with E-state index in [9.17, 15) is 9.59 Å². The molecule has 0 aromatic heterocycles. The second kappa shape index (κ2) is 5.11. The molecule has 0 N–H and O–H groups in total. The van der Waals surface area contributed by atoms with Gasteiger partial charge >= 0.3 is 6.09 Å². The van der Waals surface area contributed by atoms with Crippen LogP contribution in [-0.2, 0) is 14.3 Å².